The second-order valence-corrected chi connectivity index (χ2v) is 7.63. The number of amides is 1. The van der Waals surface area contributed by atoms with Gasteiger partial charge in [-0.25, -0.2) is 4.39 Å². The van der Waals surface area contributed by atoms with E-state index in [9.17, 15) is 9.18 Å². The molecule has 0 bridgehead atoms. The van der Waals surface area contributed by atoms with E-state index in [-0.39, 0.29) is 17.8 Å². The summed E-state index contributed by atoms with van der Waals surface area (Å²) >= 11 is 0. The number of nitrogens with zero attached hydrogens (tertiary/aromatic N) is 2. The van der Waals surface area contributed by atoms with Crippen LogP contribution in [0.15, 0.2) is 66.7 Å². The molecule has 0 radical (unpaired) electrons. The van der Waals surface area contributed by atoms with E-state index in [1.807, 2.05) is 47.4 Å². The number of aromatic nitrogens is 1. The average Bonchev–Trinajstić information content (AvgIpc) is 3.26. The number of pyridine rings is 1. The molecule has 1 aliphatic heterocycles. The van der Waals surface area contributed by atoms with Crippen LogP contribution in [0.5, 0.6) is 5.75 Å². The smallest absolute Gasteiger partial charge is 0.227 e. The number of rotatable bonds is 6. The third-order valence-electron chi connectivity index (χ3n) is 5.56. The fourth-order valence-electron chi connectivity index (χ4n) is 3.99. The highest BCUT2D eigenvalue weighted by Crippen LogP contribution is 2.31. The molecule has 2 heterocycles. The van der Waals surface area contributed by atoms with Crippen molar-refractivity contribution in [2.75, 3.05) is 13.7 Å². The van der Waals surface area contributed by atoms with Crippen molar-refractivity contribution >= 4 is 5.91 Å². The van der Waals surface area contributed by atoms with Gasteiger partial charge in [-0.3, -0.25) is 9.78 Å². The summed E-state index contributed by atoms with van der Waals surface area (Å²) < 4.78 is 18.3. The highest BCUT2D eigenvalue weighted by molar-refractivity contribution is 5.79. The maximum absolute atomic E-state index is 13.1. The van der Waals surface area contributed by atoms with Crippen molar-refractivity contribution in [3.05, 3.63) is 95.1 Å². The van der Waals surface area contributed by atoms with Gasteiger partial charge >= 0.3 is 0 Å². The molecule has 1 amide bonds. The fraction of sp³-hybridized carbons (Fsp3) is 0.280. The zero-order chi connectivity index (χ0) is 20.9. The van der Waals surface area contributed by atoms with Crippen LogP contribution in [0, 0.1) is 5.82 Å². The quantitative estimate of drug-likeness (QED) is 0.597. The van der Waals surface area contributed by atoms with E-state index >= 15 is 0 Å². The molecule has 5 heteroatoms. The zero-order valence-corrected chi connectivity index (χ0v) is 17.1. The Kier molecular flexibility index (Phi) is 6.07. The van der Waals surface area contributed by atoms with Gasteiger partial charge in [0.25, 0.3) is 0 Å². The van der Waals surface area contributed by atoms with E-state index in [4.69, 9.17) is 9.72 Å². The van der Waals surface area contributed by atoms with Crippen molar-refractivity contribution in [2.24, 2.45) is 0 Å². The van der Waals surface area contributed by atoms with E-state index in [0.29, 0.717) is 12.8 Å². The Hall–Kier alpha value is -3.21. The highest BCUT2D eigenvalue weighted by atomic mass is 19.1. The Balaban J connectivity index is 1.47. The van der Waals surface area contributed by atoms with Crippen molar-refractivity contribution in [2.45, 2.75) is 31.7 Å². The van der Waals surface area contributed by atoms with E-state index in [1.165, 1.54) is 12.1 Å². The van der Waals surface area contributed by atoms with Gasteiger partial charge in [-0.1, -0.05) is 30.3 Å². The van der Waals surface area contributed by atoms with Crippen LogP contribution in [0.2, 0.25) is 0 Å². The maximum atomic E-state index is 13.1. The van der Waals surface area contributed by atoms with Crippen molar-refractivity contribution in [1.29, 1.82) is 0 Å². The normalized spacial score (nSPS) is 15.9. The standard InChI is InChI=1S/C25H25FN2O2/c1-30-22-13-9-19(10-14-22)17-25(29)28-15-3-6-24(28)23-5-2-4-21(27-23)16-18-7-11-20(26)12-8-18/h2,4-5,7-14,24H,3,6,15-17H2,1H3. The topological polar surface area (TPSA) is 42.4 Å². The number of benzene rings is 2. The molecule has 1 aliphatic rings. The summed E-state index contributed by atoms with van der Waals surface area (Å²) in [5.41, 5.74) is 3.84. The summed E-state index contributed by atoms with van der Waals surface area (Å²) in [6.07, 6.45) is 2.90. The molecular formula is C25H25FN2O2. The van der Waals surface area contributed by atoms with Crippen LogP contribution in [0.4, 0.5) is 4.39 Å². The number of likely N-dealkylation sites (tertiary alicyclic amines) is 1. The van der Waals surface area contributed by atoms with Crippen LogP contribution < -0.4 is 4.74 Å². The number of carbonyl (C=O) groups excluding carboxylic acids is 1. The van der Waals surface area contributed by atoms with Gasteiger partial charge in [0.1, 0.15) is 11.6 Å². The van der Waals surface area contributed by atoms with Gasteiger partial charge in [0.05, 0.1) is 25.3 Å². The Morgan fingerprint density at radius 3 is 2.53 bits per heavy atom. The predicted octanol–water partition coefficient (Wildman–Crippen LogP) is 4.73. The SMILES string of the molecule is COc1ccc(CC(=O)N2CCCC2c2cccc(Cc3ccc(F)cc3)n2)cc1. The lowest BCUT2D eigenvalue weighted by Crippen LogP contribution is -2.32. The molecule has 1 saturated heterocycles. The molecule has 4 rings (SSSR count). The second-order valence-electron chi connectivity index (χ2n) is 7.63. The maximum Gasteiger partial charge on any atom is 0.227 e. The summed E-state index contributed by atoms with van der Waals surface area (Å²) in [5.74, 6) is 0.665. The summed E-state index contributed by atoms with van der Waals surface area (Å²) in [6, 6.07) is 20.1. The Morgan fingerprint density at radius 1 is 1.07 bits per heavy atom. The third kappa shape index (κ3) is 4.67. The Bertz CT molecular complexity index is 1000. The molecule has 1 unspecified atom stereocenters. The molecule has 1 aromatic heterocycles. The number of hydrogen-bond acceptors (Lipinski definition) is 3. The number of ether oxygens (including phenoxy) is 1. The van der Waals surface area contributed by atoms with Gasteiger partial charge < -0.3 is 9.64 Å². The van der Waals surface area contributed by atoms with Crippen LogP contribution in [0.3, 0.4) is 0 Å². The molecule has 1 fully saturated rings. The van der Waals surface area contributed by atoms with Crippen molar-refractivity contribution < 1.29 is 13.9 Å². The predicted molar refractivity (Wildman–Crippen MR) is 114 cm³/mol. The van der Waals surface area contributed by atoms with Crippen LogP contribution >= 0.6 is 0 Å². The minimum absolute atomic E-state index is 0.00363. The largest absolute Gasteiger partial charge is 0.497 e. The second kappa shape index (κ2) is 9.08. The Labute approximate surface area is 176 Å². The lowest BCUT2D eigenvalue weighted by Gasteiger charge is -2.25. The summed E-state index contributed by atoms with van der Waals surface area (Å²) in [5, 5.41) is 0. The summed E-state index contributed by atoms with van der Waals surface area (Å²) in [6.45, 7) is 0.753. The van der Waals surface area contributed by atoms with Crippen molar-refractivity contribution in [3.63, 3.8) is 0 Å². The first-order chi connectivity index (χ1) is 14.6. The average molecular weight is 404 g/mol. The molecule has 0 N–H and O–H groups in total. The van der Waals surface area contributed by atoms with E-state index in [1.54, 1.807) is 19.2 Å². The molecule has 0 saturated carbocycles. The van der Waals surface area contributed by atoms with E-state index in [0.717, 1.165) is 47.7 Å². The third-order valence-corrected chi connectivity index (χ3v) is 5.56. The molecule has 0 aliphatic carbocycles. The van der Waals surface area contributed by atoms with E-state index < -0.39 is 0 Å². The minimum atomic E-state index is -0.238. The molecule has 2 aromatic carbocycles. The number of halogens is 1. The first-order valence-electron chi connectivity index (χ1n) is 10.2. The molecule has 30 heavy (non-hydrogen) atoms. The molecule has 3 aromatic rings. The monoisotopic (exact) mass is 404 g/mol. The number of hydrogen-bond donors (Lipinski definition) is 0. The van der Waals surface area contributed by atoms with Gasteiger partial charge in [-0.15, -0.1) is 0 Å². The van der Waals surface area contributed by atoms with Crippen LogP contribution in [-0.2, 0) is 17.6 Å². The molecular weight excluding hydrogens is 379 g/mol. The first-order valence-corrected chi connectivity index (χ1v) is 10.2. The van der Waals surface area contributed by atoms with Gasteiger partial charge in [0.2, 0.25) is 5.91 Å². The molecule has 154 valence electrons. The van der Waals surface area contributed by atoms with Gasteiger partial charge in [-0.05, 0) is 60.4 Å². The molecule has 4 nitrogen and oxygen atoms in total. The highest BCUT2D eigenvalue weighted by Gasteiger charge is 2.30. The summed E-state index contributed by atoms with van der Waals surface area (Å²) in [7, 11) is 1.63. The van der Waals surface area contributed by atoms with Crippen LogP contribution in [0.1, 0.15) is 41.4 Å². The van der Waals surface area contributed by atoms with Crippen molar-refractivity contribution in [1.82, 2.24) is 9.88 Å². The minimum Gasteiger partial charge on any atom is -0.497 e. The number of methoxy groups -OCH3 is 1. The molecule has 0 spiro atoms. The van der Waals surface area contributed by atoms with Crippen LogP contribution in [0.25, 0.3) is 0 Å². The lowest BCUT2D eigenvalue weighted by atomic mass is 10.1. The fourth-order valence-corrected chi connectivity index (χ4v) is 3.99. The molecule has 1 atom stereocenters. The Morgan fingerprint density at radius 2 is 1.80 bits per heavy atom. The van der Waals surface area contributed by atoms with Gasteiger partial charge in [0.15, 0.2) is 0 Å². The van der Waals surface area contributed by atoms with Crippen molar-refractivity contribution in [3.8, 4) is 5.75 Å². The van der Waals surface area contributed by atoms with Crippen LogP contribution in [-0.4, -0.2) is 29.4 Å². The van der Waals surface area contributed by atoms with E-state index in [2.05, 4.69) is 0 Å². The lowest BCUT2D eigenvalue weighted by molar-refractivity contribution is -0.131. The first kappa shape index (κ1) is 20.1. The zero-order valence-electron chi connectivity index (χ0n) is 17.1. The van der Waals surface area contributed by atoms with Gasteiger partial charge in [-0.2, -0.15) is 0 Å². The summed E-state index contributed by atoms with van der Waals surface area (Å²) in [4.78, 5) is 19.8. The number of carbonyl (C=O) groups is 1. The van der Waals surface area contributed by atoms with Gasteiger partial charge in [0, 0.05) is 18.7 Å².